The van der Waals surface area contributed by atoms with E-state index in [-0.39, 0.29) is 12.6 Å². The predicted octanol–water partition coefficient (Wildman–Crippen LogP) is 2.92. The van der Waals surface area contributed by atoms with Crippen molar-refractivity contribution in [3.05, 3.63) is 35.9 Å². The van der Waals surface area contributed by atoms with Crippen LogP contribution in [0, 0.1) is 0 Å². The summed E-state index contributed by atoms with van der Waals surface area (Å²) in [5, 5.41) is 0. The second-order valence-electron chi connectivity index (χ2n) is 4.26. The molecule has 0 bridgehead atoms. The molecule has 0 aliphatic carbocycles. The van der Waals surface area contributed by atoms with Gasteiger partial charge in [-0.1, -0.05) is 30.3 Å². The maximum absolute atomic E-state index is 11.8. The average molecular weight is 261 g/mol. The molecule has 0 saturated carbocycles. The van der Waals surface area contributed by atoms with Crippen molar-refractivity contribution in [1.82, 2.24) is 0 Å². The van der Waals surface area contributed by atoms with Crippen molar-refractivity contribution in [3.63, 3.8) is 0 Å². The molecule has 0 amide bonds. The van der Waals surface area contributed by atoms with Gasteiger partial charge in [0.15, 0.2) is 0 Å². The molecule has 0 aromatic heterocycles. The third-order valence-electron chi connectivity index (χ3n) is 2.47. The molecule has 0 radical (unpaired) electrons. The SMILES string of the molecule is NC(CCCOCC(F)(F)F)Cc1ccccc1. The zero-order valence-corrected chi connectivity index (χ0v) is 10.1. The van der Waals surface area contributed by atoms with Crippen LogP contribution in [-0.4, -0.2) is 25.4 Å². The van der Waals surface area contributed by atoms with Crippen LogP contribution in [0.25, 0.3) is 0 Å². The van der Waals surface area contributed by atoms with E-state index in [1.807, 2.05) is 30.3 Å². The Morgan fingerprint density at radius 3 is 2.44 bits per heavy atom. The fourth-order valence-electron chi connectivity index (χ4n) is 1.65. The van der Waals surface area contributed by atoms with E-state index in [2.05, 4.69) is 4.74 Å². The van der Waals surface area contributed by atoms with E-state index in [9.17, 15) is 13.2 Å². The summed E-state index contributed by atoms with van der Waals surface area (Å²) >= 11 is 0. The molecule has 2 nitrogen and oxygen atoms in total. The van der Waals surface area contributed by atoms with Crippen LogP contribution in [0.2, 0.25) is 0 Å². The lowest BCUT2D eigenvalue weighted by Crippen LogP contribution is -2.24. The standard InChI is InChI=1S/C13H18F3NO/c14-13(15,16)10-18-8-4-7-12(17)9-11-5-2-1-3-6-11/h1-3,5-6,12H,4,7-10,17H2. The van der Waals surface area contributed by atoms with Crippen molar-refractivity contribution in [2.45, 2.75) is 31.5 Å². The zero-order chi connectivity index (χ0) is 13.4. The molecule has 1 aromatic carbocycles. The molecule has 0 saturated heterocycles. The van der Waals surface area contributed by atoms with E-state index in [4.69, 9.17) is 5.73 Å². The van der Waals surface area contributed by atoms with Crippen LogP contribution >= 0.6 is 0 Å². The summed E-state index contributed by atoms with van der Waals surface area (Å²) < 4.78 is 39.9. The Morgan fingerprint density at radius 2 is 1.83 bits per heavy atom. The summed E-state index contributed by atoms with van der Waals surface area (Å²) in [6.07, 6.45) is -2.30. The van der Waals surface area contributed by atoms with Gasteiger partial charge in [-0.05, 0) is 24.8 Å². The lowest BCUT2D eigenvalue weighted by Gasteiger charge is -2.12. The predicted molar refractivity (Wildman–Crippen MR) is 64.2 cm³/mol. The van der Waals surface area contributed by atoms with Crippen LogP contribution < -0.4 is 5.73 Å². The molecule has 0 fully saturated rings. The number of nitrogens with two attached hydrogens (primary N) is 1. The highest BCUT2D eigenvalue weighted by Crippen LogP contribution is 2.14. The number of alkyl halides is 3. The molecule has 1 rings (SSSR count). The molecule has 18 heavy (non-hydrogen) atoms. The maximum atomic E-state index is 11.8. The van der Waals surface area contributed by atoms with Crippen LogP contribution in [0.4, 0.5) is 13.2 Å². The minimum Gasteiger partial charge on any atom is -0.372 e. The van der Waals surface area contributed by atoms with Gasteiger partial charge in [0.05, 0.1) is 0 Å². The van der Waals surface area contributed by atoms with Crippen LogP contribution in [0.3, 0.4) is 0 Å². The van der Waals surface area contributed by atoms with Crippen molar-refractivity contribution >= 4 is 0 Å². The fourth-order valence-corrected chi connectivity index (χ4v) is 1.65. The first kappa shape index (κ1) is 15.0. The topological polar surface area (TPSA) is 35.2 Å². The van der Waals surface area contributed by atoms with Gasteiger partial charge in [-0.25, -0.2) is 0 Å². The van der Waals surface area contributed by atoms with E-state index >= 15 is 0 Å². The van der Waals surface area contributed by atoms with E-state index in [1.165, 1.54) is 0 Å². The smallest absolute Gasteiger partial charge is 0.372 e. The van der Waals surface area contributed by atoms with Gasteiger partial charge in [-0.3, -0.25) is 0 Å². The summed E-state index contributed by atoms with van der Waals surface area (Å²) in [5.41, 5.74) is 7.04. The summed E-state index contributed by atoms with van der Waals surface area (Å²) in [7, 11) is 0. The van der Waals surface area contributed by atoms with Crippen molar-refractivity contribution in [2.24, 2.45) is 5.73 Å². The normalized spacial score (nSPS) is 13.6. The maximum Gasteiger partial charge on any atom is 0.411 e. The van der Waals surface area contributed by atoms with E-state index < -0.39 is 12.8 Å². The molecule has 0 aliphatic rings. The molecule has 102 valence electrons. The minimum atomic E-state index is -4.24. The Bertz CT molecular complexity index is 327. The third kappa shape index (κ3) is 7.29. The molecule has 0 heterocycles. The van der Waals surface area contributed by atoms with Crippen LogP contribution in [0.5, 0.6) is 0 Å². The number of rotatable bonds is 7. The van der Waals surface area contributed by atoms with E-state index in [1.54, 1.807) is 0 Å². The average Bonchev–Trinajstić information content (AvgIpc) is 2.28. The van der Waals surface area contributed by atoms with Crippen molar-refractivity contribution in [2.75, 3.05) is 13.2 Å². The highest BCUT2D eigenvalue weighted by atomic mass is 19.4. The largest absolute Gasteiger partial charge is 0.411 e. The van der Waals surface area contributed by atoms with E-state index in [0.717, 1.165) is 12.0 Å². The first-order chi connectivity index (χ1) is 8.47. The third-order valence-corrected chi connectivity index (χ3v) is 2.47. The van der Waals surface area contributed by atoms with Crippen molar-refractivity contribution < 1.29 is 17.9 Å². The summed E-state index contributed by atoms with van der Waals surface area (Å²) in [4.78, 5) is 0. The Balaban J connectivity index is 2.09. The Labute approximate surface area is 105 Å². The number of hydrogen-bond donors (Lipinski definition) is 1. The lowest BCUT2D eigenvalue weighted by molar-refractivity contribution is -0.174. The molecule has 1 atom stereocenters. The molecule has 1 unspecified atom stereocenters. The van der Waals surface area contributed by atoms with Gasteiger partial charge in [0.1, 0.15) is 6.61 Å². The van der Waals surface area contributed by atoms with E-state index in [0.29, 0.717) is 12.8 Å². The van der Waals surface area contributed by atoms with Crippen molar-refractivity contribution in [1.29, 1.82) is 0 Å². The molecule has 0 spiro atoms. The Morgan fingerprint density at radius 1 is 1.17 bits per heavy atom. The number of halogens is 3. The van der Waals surface area contributed by atoms with Crippen LogP contribution in [0.15, 0.2) is 30.3 Å². The zero-order valence-electron chi connectivity index (χ0n) is 10.1. The molecular formula is C13H18F3NO. The monoisotopic (exact) mass is 261 g/mol. The summed E-state index contributed by atoms with van der Waals surface area (Å²) in [6, 6.07) is 9.74. The minimum absolute atomic E-state index is 0.0399. The van der Waals surface area contributed by atoms with Gasteiger partial charge >= 0.3 is 6.18 Å². The highest BCUT2D eigenvalue weighted by molar-refractivity contribution is 5.15. The quantitative estimate of drug-likeness (QED) is 0.766. The second kappa shape index (κ2) is 7.38. The lowest BCUT2D eigenvalue weighted by atomic mass is 10.0. The van der Waals surface area contributed by atoms with Gasteiger partial charge in [0.25, 0.3) is 0 Å². The molecule has 5 heteroatoms. The first-order valence-electron chi connectivity index (χ1n) is 5.91. The molecule has 1 aromatic rings. The van der Waals surface area contributed by atoms with Gasteiger partial charge < -0.3 is 10.5 Å². The van der Waals surface area contributed by atoms with Gasteiger partial charge in [-0.2, -0.15) is 13.2 Å². The fraction of sp³-hybridized carbons (Fsp3) is 0.538. The van der Waals surface area contributed by atoms with Crippen LogP contribution in [0.1, 0.15) is 18.4 Å². The van der Waals surface area contributed by atoms with Gasteiger partial charge in [0, 0.05) is 12.6 Å². The Hall–Kier alpha value is -1.07. The van der Waals surface area contributed by atoms with Crippen molar-refractivity contribution in [3.8, 4) is 0 Å². The second-order valence-corrected chi connectivity index (χ2v) is 4.26. The van der Waals surface area contributed by atoms with Crippen LogP contribution in [-0.2, 0) is 11.2 Å². The summed E-state index contributed by atoms with van der Waals surface area (Å²) in [5.74, 6) is 0. The van der Waals surface area contributed by atoms with Gasteiger partial charge in [-0.15, -0.1) is 0 Å². The molecular weight excluding hydrogens is 243 g/mol. The number of ether oxygens (including phenoxy) is 1. The van der Waals surface area contributed by atoms with Gasteiger partial charge in [0.2, 0.25) is 0 Å². The first-order valence-corrected chi connectivity index (χ1v) is 5.91. The Kier molecular flexibility index (Phi) is 6.15. The number of hydrogen-bond acceptors (Lipinski definition) is 2. The highest BCUT2D eigenvalue weighted by Gasteiger charge is 2.27. The molecule has 2 N–H and O–H groups in total. The number of benzene rings is 1. The summed E-state index contributed by atoms with van der Waals surface area (Å²) in [6.45, 7) is -1.08. The molecule has 0 aliphatic heterocycles.